The lowest BCUT2D eigenvalue weighted by molar-refractivity contribution is -0.115. The van der Waals surface area contributed by atoms with Gasteiger partial charge in [0.05, 0.1) is 5.70 Å². The van der Waals surface area contributed by atoms with Crippen molar-refractivity contribution in [3.63, 3.8) is 0 Å². The van der Waals surface area contributed by atoms with Gasteiger partial charge in [0.2, 0.25) is 0 Å². The van der Waals surface area contributed by atoms with Gasteiger partial charge in [-0.15, -0.1) is 0 Å². The third-order valence-electron chi connectivity index (χ3n) is 2.56. The number of allylic oxidation sites excluding steroid dienone is 2. The molecule has 2 heteroatoms. The molecule has 0 aromatic carbocycles. The predicted molar refractivity (Wildman–Crippen MR) is 59.4 cm³/mol. The molecule has 0 aromatic rings. The monoisotopic (exact) mass is 191 g/mol. The Morgan fingerprint density at radius 3 is 2.57 bits per heavy atom. The lowest BCUT2D eigenvalue weighted by Crippen LogP contribution is -2.18. The van der Waals surface area contributed by atoms with Crippen LogP contribution < -0.4 is 0 Å². The lowest BCUT2D eigenvalue weighted by atomic mass is 9.84. The van der Waals surface area contributed by atoms with Gasteiger partial charge >= 0.3 is 0 Å². The quantitative estimate of drug-likeness (QED) is 0.463. The van der Waals surface area contributed by atoms with Crippen molar-refractivity contribution >= 4 is 11.5 Å². The van der Waals surface area contributed by atoms with E-state index < -0.39 is 0 Å². The molecule has 1 unspecified atom stereocenters. The van der Waals surface area contributed by atoms with Crippen LogP contribution in [-0.4, -0.2) is 11.5 Å². The van der Waals surface area contributed by atoms with E-state index in [-0.39, 0.29) is 11.7 Å². The highest BCUT2D eigenvalue weighted by Gasteiger charge is 2.25. The Labute approximate surface area is 85.4 Å². The molecule has 0 saturated carbocycles. The van der Waals surface area contributed by atoms with Crippen molar-refractivity contribution in [3.05, 3.63) is 23.4 Å². The number of hydrogen-bond donors (Lipinski definition) is 0. The fourth-order valence-electron chi connectivity index (χ4n) is 1.57. The van der Waals surface area contributed by atoms with Crippen LogP contribution in [-0.2, 0) is 4.79 Å². The second-order valence-corrected chi connectivity index (χ2v) is 4.05. The fourth-order valence-corrected chi connectivity index (χ4v) is 1.57. The van der Waals surface area contributed by atoms with E-state index >= 15 is 0 Å². The molecule has 2 nitrogen and oxygen atoms in total. The summed E-state index contributed by atoms with van der Waals surface area (Å²) in [5.74, 6) is 0.371. The van der Waals surface area contributed by atoms with E-state index in [1.54, 1.807) is 0 Å². The van der Waals surface area contributed by atoms with E-state index in [0.29, 0.717) is 6.42 Å². The molecule has 0 bridgehead atoms. The number of aliphatic imine (C=N–C) groups is 1. The molecular weight excluding hydrogens is 174 g/mol. The van der Waals surface area contributed by atoms with Crippen molar-refractivity contribution in [2.24, 2.45) is 10.9 Å². The Hall–Kier alpha value is -1.18. The number of Topliss-reactive ketones (excluding diaryl/α,β-unsaturated/α-hetero) is 1. The molecule has 0 fully saturated rings. The third kappa shape index (κ3) is 2.00. The van der Waals surface area contributed by atoms with Crippen molar-refractivity contribution in [1.82, 2.24) is 0 Å². The Morgan fingerprint density at radius 2 is 2.07 bits per heavy atom. The molecule has 0 aromatic heterocycles. The molecule has 0 amide bonds. The standard InChI is InChI=1S/C12H17NO/c1-7(2)13-12-9(4)8(3)6-11(14)10(12)5/h9H,3,6H2,1-2,4-5H3. The van der Waals surface area contributed by atoms with E-state index in [0.717, 1.165) is 22.6 Å². The van der Waals surface area contributed by atoms with Crippen LogP contribution in [0, 0.1) is 5.92 Å². The van der Waals surface area contributed by atoms with Gasteiger partial charge in [0.15, 0.2) is 5.78 Å². The van der Waals surface area contributed by atoms with Crippen molar-refractivity contribution in [2.45, 2.75) is 34.1 Å². The molecule has 1 rings (SSSR count). The molecule has 76 valence electrons. The van der Waals surface area contributed by atoms with Crippen molar-refractivity contribution in [3.8, 4) is 0 Å². The number of rotatable bonds is 1. The van der Waals surface area contributed by atoms with E-state index in [1.807, 2.05) is 20.8 Å². The summed E-state index contributed by atoms with van der Waals surface area (Å²) in [5.41, 5.74) is 3.65. The molecule has 0 saturated heterocycles. The summed E-state index contributed by atoms with van der Waals surface area (Å²) in [6, 6.07) is 0. The maximum atomic E-state index is 11.6. The van der Waals surface area contributed by atoms with Crippen molar-refractivity contribution in [1.29, 1.82) is 0 Å². The number of carbonyl (C=O) groups excluding carboxylic acids is 1. The minimum atomic E-state index is 0.160. The molecule has 1 aliphatic rings. The average molecular weight is 191 g/mol. The molecule has 0 spiro atoms. The Bertz CT molecular complexity index is 343. The second kappa shape index (κ2) is 3.91. The van der Waals surface area contributed by atoms with Crippen LogP contribution in [0.15, 0.2) is 28.4 Å². The minimum absolute atomic E-state index is 0.160. The highest BCUT2D eigenvalue weighted by atomic mass is 16.1. The molecular formula is C12H17NO. The van der Waals surface area contributed by atoms with Gasteiger partial charge in [0, 0.05) is 23.6 Å². The van der Waals surface area contributed by atoms with Crippen molar-refractivity contribution in [2.75, 3.05) is 0 Å². The van der Waals surface area contributed by atoms with Gasteiger partial charge in [-0.1, -0.05) is 19.1 Å². The zero-order valence-electron chi connectivity index (χ0n) is 9.35. The maximum absolute atomic E-state index is 11.6. The van der Waals surface area contributed by atoms with E-state index in [9.17, 15) is 4.79 Å². The summed E-state index contributed by atoms with van der Waals surface area (Å²) in [5, 5.41) is 0. The average Bonchev–Trinajstić information content (AvgIpc) is 2.09. The van der Waals surface area contributed by atoms with Crippen LogP contribution in [0.2, 0.25) is 0 Å². The summed E-state index contributed by atoms with van der Waals surface area (Å²) in [7, 11) is 0. The van der Waals surface area contributed by atoms with Crippen LogP contribution in [0.1, 0.15) is 34.1 Å². The fraction of sp³-hybridized carbons (Fsp3) is 0.500. The summed E-state index contributed by atoms with van der Waals surface area (Å²) in [6.45, 7) is 11.7. The Balaban J connectivity index is 3.20. The zero-order valence-corrected chi connectivity index (χ0v) is 9.35. The Morgan fingerprint density at radius 1 is 1.50 bits per heavy atom. The largest absolute Gasteiger partial charge is 0.294 e. The predicted octanol–water partition coefficient (Wildman–Crippen LogP) is 2.91. The Kier molecular flexibility index (Phi) is 3.04. The van der Waals surface area contributed by atoms with Gasteiger partial charge in [-0.2, -0.15) is 0 Å². The molecule has 0 heterocycles. The first-order valence-corrected chi connectivity index (χ1v) is 4.87. The van der Waals surface area contributed by atoms with Gasteiger partial charge in [0.25, 0.3) is 0 Å². The number of hydrogen-bond acceptors (Lipinski definition) is 2. The van der Waals surface area contributed by atoms with Gasteiger partial charge in [0.1, 0.15) is 0 Å². The smallest absolute Gasteiger partial charge is 0.164 e. The van der Waals surface area contributed by atoms with Crippen LogP contribution in [0.3, 0.4) is 0 Å². The molecule has 0 N–H and O–H groups in total. The summed E-state index contributed by atoms with van der Waals surface area (Å²) in [6.07, 6.45) is 0.481. The first kappa shape index (κ1) is 10.9. The summed E-state index contributed by atoms with van der Waals surface area (Å²) in [4.78, 5) is 16.0. The first-order valence-electron chi connectivity index (χ1n) is 4.87. The topological polar surface area (TPSA) is 29.4 Å². The van der Waals surface area contributed by atoms with Gasteiger partial charge < -0.3 is 0 Å². The van der Waals surface area contributed by atoms with Crippen LogP contribution in [0.5, 0.6) is 0 Å². The molecule has 14 heavy (non-hydrogen) atoms. The summed E-state index contributed by atoms with van der Waals surface area (Å²) < 4.78 is 0. The molecule has 1 atom stereocenters. The third-order valence-corrected chi connectivity index (χ3v) is 2.56. The minimum Gasteiger partial charge on any atom is -0.294 e. The second-order valence-electron chi connectivity index (χ2n) is 4.05. The van der Waals surface area contributed by atoms with Gasteiger partial charge in [-0.05, 0) is 20.8 Å². The maximum Gasteiger partial charge on any atom is 0.164 e. The van der Waals surface area contributed by atoms with E-state index in [1.165, 1.54) is 0 Å². The molecule has 1 aliphatic carbocycles. The molecule has 0 radical (unpaired) electrons. The van der Waals surface area contributed by atoms with Crippen LogP contribution >= 0.6 is 0 Å². The number of ketones is 1. The number of carbonyl (C=O) groups is 1. The number of nitrogens with zero attached hydrogens (tertiary/aromatic N) is 1. The van der Waals surface area contributed by atoms with Gasteiger partial charge in [-0.3, -0.25) is 9.79 Å². The van der Waals surface area contributed by atoms with Crippen LogP contribution in [0.25, 0.3) is 0 Å². The van der Waals surface area contributed by atoms with E-state index in [2.05, 4.69) is 18.5 Å². The molecule has 0 aliphatic heterocycles. The highest BCUT2D eigenvalue weighted by Crippen LogP contribution is 2.31. The summed E-state index contributed by atoms with van der Waals surface area (Å²) >= 11 is 0. The zero-order chi connectivity index (χ0) is 10.9. The SMILES string of the molecule is C=C1CC(=O)C(C)=C(N=C(C)C)C1C. The lowest BCUT2D eigenvalue weighted by Gasteiger charge is -2.23. The highest BCUT2D eigenvalue weighted by molar-refractivity contribution is 5.99. The van der Waals surface area contributed by atoms with Gasteiger partial charge in [-0.25, -0.2) is 0 Å². The van der Waals surface area contributed by atoms with Crippen LogP contribution in [0.4, 0.5) is 0 Å². The van der Waals surface area contributed by atoms with Crippen molar-refractivity contribution < 1.29 is 4.79 Å². The first-order chi connectivity index (χ1) is 6.43. The van der Waals surface area contributed by atoms with E-state index in [4.69, 9.17) is 0 Å². The normalized spacial score (nSPS) is 22.7.